The molecular formula is C11H22O3S. The van der Waals surface area contributed by atoms with E-state index in [1.54, 1.807) is 6.92 Å². The predicted octanol–water partition coefficient (Wildman–Crippen LogP) is 3.14. The highest BCUT2D eigenvalue weighted by Crippen LogP contribution is 2.05. The van der Waals surface area contributed by atoms with Gasteiger partial charge in [0.25, 0.3) is 0 Å². The molecule has 0 aliphatic rings. The molecule has 0 N–H and O–H groups in total. The number of rotatable bonds is 9. The van der Waals surface area contributed by atoms with Crippen molar-refractivity contribution in [2.75, 3.05) is 6.61 Å². The Hall–Kier alpha value is -0.220. The van der Waals surface area contributed by atoms with E-state index < -0.39 is 6.10 Å². The fourth-order valence-electron chi connectivity index (χ4n) is 1.22. The molecule has 0 saturated heterocycles. The molecule has 0 amide bonds. The number of hydrogen-bond donors (Lipinski definition) is 1. The molecule has 15 heavy (non-hydrogen) atoms. The summed E-state index contributed by atoms with van der Waals surface area (Å²) in [6, 6.07) is 0. The zero-order chi connectivity index (χ0) is 11.5. The lowest BCUT2D eigenvalue weighted by Gasteiger charge is -2.08. The first-order valence-electron chi connectivity index (χ1n) is 5.69. The van der Waals surface area contributed by atoms with Crippen LogP contribution in [0.5, 0.6) is 0 Å². The molecular weight excluding hydrogens is 212 g/mol. The van der Waals surface area contributed by atoms with E-state index in [4.69, 9.17) is 4.74 Å². The van der Waals surface area contributed by atoms with E-state index in [-0.39, 0.29) is 5.97 Å². The van der Waals surface area contributed by atoms with E-state index >= 15 is 0 Å². The topological polar surface area (TPSA) is 35.5 Å². The van der Waals surface area contributed by atoms with Crippen LogP contribution in [0.3, 0.4) is 0 Å². The predicted molar refractivity (Wildman–Crippen MR) is 63.9 cm³/mol. The number of esters is 1. The zero-order valence-corrected chi connectivity index (χ0v) is 10.6. The molecule has 1 atom stereocenters. The van der Waals surface area contributed by atoms with Crippen LogP contribution in [0, 0.1) is 0 Å². The summed E-state index contributed by atoms with van der Waals surface area (Å²) < 4.78 is 9.53. The summed E-state index contributed by atoms with van der Waals surface area (Å²) in [5.41, 5.74) is 0. The van der Waals surface area contributed by atoms with Gasteiger partial charge in [-0.15, -0.1) is 0 Å². The van der Waals surface area contributed by atoms with Gasteiger partial charge in [0.1, 0.15) is 0 Å². The number of ether oxygens (including phenoxy) is 1. The first-order valence-corrected chi connectivity index (χ1v) is 6.05. The normalized spacial score (nSPS) is 12.5. The van der Waals surface area contributed by atoms with Crippen LogP contribution in [-0.4, -0.2) is 18.7 Å². The molecule has 0 bridgehead atoms. The molecule has 0 aromatic carbocycles. The molecule has 0 heterocycles. The van der Waals surface area contributed by atoms with Crippen LogP contribution in [-0.2, 0) is 13.7 Å². The van der Waals surface area contributed by atoms with Crippen molar-refractivity contribution in [1.29, 1.82) is 0 Å². The lowest BCUT2D eigenvalue weighted by molar-refractivity contribution is -0.150. The maximum absolute atomic E-state index is 11.1. The monoisotopic (exact) mass is 234 g/mol. The minimum absolute atomic E-state index is 0.335. The highest BCUT2D eigenvalue weighted by molar-refractivity contribution is 7.75. The van der Waals surface area contributed by atoms with Crippen LogP contribution >= 0.6 is 12.9 Å². The van der Waals surface area contributed by atoms with Gasteiger partial charge in [0.05, 0.1) is 6.61 Å². The van der Waals surface area contributed by atoms with Crippen molar-refractivity contribution in [1.82, 2.24) is 0 Å². The first-order chi connectivity index (χ1) is 7.22. The third-order valence-corrected chi connectivity index (χ3v) is 2.55. The molecule has 0 aromatic rings. The van der Waals surface area contributed by atoms with Crippen molar-refractivity contribution in [2.45, 2.75) is 58.5 Å². The summed E-state index contributed by atoms with van der Waals surface area (Å²) in [5, 5.41) is 0. The van der Waals surface area contributed by atoms with Crippen LogP contribution in [0.1, 0.15) is 52.4 Å². The highest BCUT2D eigenvalue weighted by atomic mass is 32.1. The molecule has 3 nitrogen and oxygen atoms in total. The van der Waals surface area contributed by atoms with E-state index in [2.05, 4.69) is 24.0 Å². The minimum Gasteiger partial charge on any atom is -0.464 e. The summed E-state index contributed by atoms with van der Waals surface area (Å²) in [5.74, 6) is -0.335. The van der Waals surface area contributed by atoms with Crippen molar-refractivity contribution < 1.29 is 13.7 Å². The van der Waals surface area contributed by atoms with E-state index in [1.165, 1.54) is 25.7 Å². The smallest absolute Gasteiger partial charge is 0.336 e. The maximum atomic E-state index is 11.1. The van der Waals surface area contributed by atoms with Gasteiger partial charge >= 0.3 is 5.97 Å². The van der Waals surface area contributed by atoms with Gasteiger partial charge in [-0.1, -0.05) is 39.0 Å². The Morgan fingerprint density at radius 3 is 2.40 bits per heavy atom. The molecule has 0 spiro atoms. The van der Waals surface area contributed by atoms with Gasteiger partial charge in [-0.25, -0.2) is 4.79 Å². The summed E-state index contributed by atoms with van der Waals surface area (Å²) in [4.78, 5) is 11.1. The number of carbonyl (C=O) groups excluding carboxylic acids is 1. The van der Waals surface area contributed by atoms with Crippen LogP contribution in [0.25, 0.3) is 0 Å². The standard InChI is InChI=1S/C11H22O3S/c1-3-4-5-6-7-8-9-13-11(12)10(2)14-15/h10,15H,3-9H2,1-2H3. The molecule has 0 fully saturated rings. The first kappa shape index (κ1) is 14.8. The van der Waals surface area contributed by atoms with Crippen molar-refractivity contribution in [3.63, 3.8) is 0 Å². The van der Waals surface area contributed by atoms with Gasteiger partial charge in [0, 0.05) is 0 Å². The van der Waals surface area contributed by atoms with Gasteiger partial charge < -0.3 is 8.92 Å². The van der Waals surface area contributed by atoms with E-state index in [0.29, 0.717) is 6.61 Å². The Morgan fingerprint density at radius 2 is 1.80 bits per heavy atom. The van der Waals surface area contributed by atoms with Crippen molar-refractivity contribution in [2.24, 2.45) is 0 Å². The molecule has 4 heteroatoms. The Kier molecular flexibility index (Phi) is 10.2. The molecule has 90 valence electrons. The molecule has 0 rings (SSSR count). The Morgan fingerprint density at radius 1 is 1.20 bits per heavy atom. The molecule has 0 aliphatic heterocycles. The third kappa shape index (κ3) is 8.75. The summed E-state index contributed by atoms with van der Waals surface area (Å²) in [6.45, 7) is 4.31. The van der Waals surface area contributed by atoms with Crippen molar-refractivity contribution >= 4 is 18.9 Å². The van der Waals surface area contributed by atoms with Crippen LogP contribution in [0.2, 0.25) is 0 Å². The Balaban J connectivity index is 3.20. The third-order valence-electron chi connectivity index (χ3n) is 2.23. The van der Waals surface area contributed by atoms with E-state index in [0.717, 1.165) is 12.8 Å². The maximum Gasteiger partial charge on any atom is 0.336 e. The fourth-order valence-corrected chi connectivity index (χ4v) is 1.30. The SMILES string of the molecule is CCCCCCCCOC(=O)C(C)OS. The zero-order valence-electron chi connectivity index (χ0n) is 9.70. The van der Waals surface area contributed by atoms with Gasteiger partial charge in [0.2, 0.25) is 0 Å². The van der Waals surface area contributed by atoms with Crippen molar-refractivity contribution in [3.05, 3.63) is 0 Å². The lowest BCUT2D eigenvalue weighted by atomic mass is 10.1. The Labute approximate surface area is 98.1 Å². The second kappa shape index (κ2) is 10.3. The van der Waals surface area contributed by atoms with Gasteiger partial charge in [-0.3, -0.25) is 0 Å². The van der Waals surface area contributed by atoms with Crippen LogP contribution < -0.4 is 0 Å². The summed E-state index contributed by atoms with van der Waals surface area (Å²) in [7, 11) is 0. The van der Waals surface area contributed by atoms with Gasteiger partial charge in [0.15, 0.2) is 6.10 Å². The minimum atomic E-state index is -0.576. The number of hydrogen-bond acceptors (Lipinski definition) is 4. The number of carbonyl (C=O) groups is 1. The van der Waals surface area contributed by atoms with Crippen LogP contribution in [0.4, 0.5) is 0 Å². The highest BCUT2D eigenvalue weighted by Gasteiger charge is 2.12. The summed E-state index contributed by atoms with van der Waals surface area (Å²) in [6.07, 6.45) is 6.55. The van der Waals surface area contributed by atoms with Gasteiger partial charge in [-0.05, 0) is 26.3 Å². The summed E-state index contributed by atoms with van der Waals surface area (Å²) >= 11 is 3.56. The Bertz CT molecular complexity index is 162. The van der Waals surface area contributed by atoms with Crippen molar-refractivity contribution in [3.8, 4) is 0 Å². The molecule has 0 radical (unpaired) electrons. The largest absolute Gasteiger partial charge is 0.464 e. The lowest BCUT2D eigenvalue weighted by Crippen LogP contribution is -2.20. The number of unbranched alkanes of at least 4 members (excludes halogenated alkanes) is 5. The fraction of sp³-hybridized carbons (Fsp3) is 0.909. The average Bonchev–Trinajstić information content (AvgIpc) is 2.26. The quantitative estimate of drug-likeness (QED) is 0.288. The van der Waals surface area contributed by atoms with E-state index in [9.17, 15) is 4.79 Å². The second-order valence-corrected chi connectivity index (χ2v) is 3.89. The van der Waals surface area contributed by atoms with Gasteiger partial charge in [-0.2, -0.15) is 0 Å². The molecule has 0 aliphatic carbocycles. The number of thiol groups is 1. The molecule has 0 saturated carbocycles. The molecule has 1 unspecified atom stereocenters. The van der Waals surface area contributed by atoms with Crippen LogP contribution in [0.15, 0.2) is 0 Å². The molecule has 0 aromatic heterocycles. The van der Waals surface area contributed by atoms with E-state index in [1.807, 2.05) is 0 Å². The second-order valence-electron chi connectivity index (χ2n) is 3.68. The average molecular weight is 234 g/mol.